The monoisotopic (exact) mass is 761 g/mol. The number of thiazole rings is 1. The maximum Gasteiger partial charge on any atom is 0.418 e. The summed E-state index contributed by atoms with van der Waals surface area (Å²) in [5.74, 6) is -4.37. The van der Waals surface area contributed by atoms with Gasteiger partial charge in [-0.05, 0) is 66.0 Å². The van der Waals surface area contributed by atoms with Gasteiger partial charge >= 0.3 is 11.0 Å². The van der Waals surface area contributed by atoms with Gasteiger partial charge in [-0.25, -0.2) is 4.90 Å². The Hall–Kier alpha value is -4.59. The molecule has 5 aromatic rings. The minimum absolute atomic E-state index is 0.231. The number of rotatable bonds is 6. The number of imide groups is 1. The van der Waals surface area contributed by atoms with Crippen molar-refractivity contribution in [1.29, 1.82) is 0 Å². The van der Waals surface area contributed by atoms with E-state index < -0.39 is 52.9 Å². The summed E-state index contributed by atoms with van der Waals surface area (Å²) in [6.45, 7) is -0.332. The lowest BCUT2D eigenvalue weighted by atomic mass is 9.68. The van der Waals surface area contributed by atoms with Gasteiger partial charge in [0.15, 0.2) is 6.61 Å². The summed E-state index contributed by atoms with van der Waals surface area (Å²) < 4.78 is 48.4. The fraction of sp³-hybridized carbons (Fsp3) is 0.263. The van der Waals surface area contributed by atoms with E-state index >= 15 is 0 Å². The van der Waals surface area contributed by atoms with Gasteiger partial charge in [-0.3, -0.25) is 19.2 Å². The lowest BCUT2D eigenvalue weighted by Crippen LogP contribution is -2.42. The van der Waals surface area contributed by atoms with Crippen molar-refractivity contribution in [3.63, 3.8) is 0 Å². The molecule has 4 aliphatic rings. The number of hydrogen-bond donors (Lipinski definition) is 2. The molecule has 4 aromatic carbocycles. The Kier molecular flexibility index (Phi) is 7.83. The second kappa shape index (κ2) is 12.2. The first-order valence-corrected chi connectivity index (χ1v) is 18.7. The number of aromatic nitrogens is 1. The van der Waals surface area contributed by atoms with E-state index in [4.69, 9.17) is 16.3 Å². The molecule has 2 aliphatic heterocycles. The van der Waals surface area contributed by atoms with Crippen LogP contribution < -0.4 is 19.8 Å². The first-order chi connectivity index (χ1) is 25.0. The fourth-order valence-corrected chi connectivity index (χ4v) is 12.1. The second-order valence-electron chi connectivity index (χ2n) is 13.5. The van der Waals surface area contributed by atoms with Gasteiger partial charge in [0.2, 0.25) is 11.8 Å². The van der Waals surface area contributed by atoms with Gasteiger partial charge in [0, 0.05) is 37.7 Å². The quantitative estimate of drug-likeness (QED) is 0.170. The zero-order chi connectivity index (χ0) is 36.1. The Morgan fingerprint density at radius 2 is 1.67 bits per heavy atom. The number of hydrogen-bond acceptors (Lipinski definition) is 7. The van der Waals surface area contributed by atoms with Gasteiger partial charge in [-0.2, -0.15) is 13.2 Å². The predicted molar refractivity (Wildman–Crippen MR) is 192 cm³/mol. The van der Waals surface area contributed by atoms with Crippen molar-refractivity contribution in [3.05, 3.63) is 116 Å². The molecule has 1 aromatic heterocycles. The van der Waals surface area contributed by atoms with Crippen LogP contribution in [0.4, 0.5) is 24.5 Å². The molecule has 3 heterocycles. The average molecular weight is 762 g/mol. The van der Waals surface area contributed by atoms with E-state index in [2.05, 4.69) is 10.3 Å². The van der Waals surface area contributed by atoms with Crippen molar-refractivity contribution in [2.45, 2.75) is 28.8 Å². The minimum atomic E-state index is -4.77. The molecule has 7 atom stereocenters. The van der Waals surface area contributed by atoms with Crippen molar-refractivity contribution < 1.29 is 32.3 Å². The molecule has 0 spiro atoms. The summed E-state index contributed by atoms with van der Waals surface area (Å²) in [5.41, 5.74) is -0.242. The number of benzene rings is 4. The van der Waals surface area contributed by atoms with E-state index in [0.717, 1.165) is 38.0 Å². The molecule has 1 saturated heterocycles. The number of fused-ring (bicyclic) bond motifs is 10. The molecule has 0 radical (unpaired) electrons. The number of H-pyrrole nitrogens is 1. The number of carbonyl (C=O) groups is 3. The summed E-state index contributed by atoms with van der Waals surface area (Å²) in [6, 6.07) is 23.0. The molecule has 4 unspecified atom stereocenters. The van der Waals surface area contributed by atoms with E-state index in [1.54, 1.807) is 18.2 Å². The van der Waals surface area contributed by atoms with Crippen LogP contribution in [-0.4, -0.2) is 34.6 Å². The van der Waals surface area contributed by atoms with E-state index in [9.17, 15) is 32.3 Å². The number of para-hydroxylation sites is 1. The number of amides is 3. The summed E-state index contributed by atoms with van der Waals surface area (Å²) in [6.07, 6.45) is -4.23. The Morgan fingerprint density at radius 3 is 2.48 bits per heavy atom. The summed E-state index contributed by atoms with van der Waals surface area (Å²) in [7, 11) is 0. The Balaban J connectivity index is 1.06. The molecule has 2 N–H and O–H groups in total. The predicted octanol–water partition coefficient (Wildman–Crippen LogP) is 7.96. The Morgan fingerprint density at radius 1 is 0.942 bits per heavy atom. The highest BCUT2D eigenvalue weighted by Crippen LogP contribution is 2.69. The molecule has 2 saturated carbocycles. The number of alkyl halides is 3. The van der Waals surface area contributed by atoms with Crippen LogP contribution in [0.2, 0.25) is 5.02 Å². The fourth-order valence-electron chi connectivity index (χ4n) is 9.07. The van der Waals surface area contributed by atoms with E-state index in [-0.39, 0.29) is 34.5 Å². The summed E-state index contributed by atoms with van der Waals surface area (Å²) >= 11 is 9.08. The minimum Gasteiger partial charge on any atom is -0.483 e. The van der Waals surface area contributed by atoms with Crippen LogP contribution in [0.25, 0.3) is 10.8 Å². The van der Waals surface area contributed by atoms with Gasteiger partial charge < -0.3 is 15.0 Å². The van der Waals surface area contributed by atoms with Crippen LogP contribution in [0.5, 0.6) is 5.75 Å². The highest BCUT2D eigenvalue weighted by Gasteiger charge is 2.70. The third kappa shape index (κ3) is 5.19. The van der Waals surface area contributed by atoms with E-state index in [0.29, 0.717) is 33.5 Å². The third-order valence-corrected chi connectivity index (χ3v) is 13.7. The molecule has 264 valence electrons. The number of thioether (sulfide) groups is 1. The topological polar surface area (TPSA) is 109 Å². The van der Waals surface area contributed by atoms with Crippen LogP contribution in [0.15, 0.2) is 94.7 Å². The molecule has 8 nitrogen and oxygen atoms in total. The number of nitrogens with zero attached hydrogens (tertiary/aromatic N) is 1. The first-order valence-electron chi connectivity index (χ1n) is 16.6. The molecule has 2 bridgehead atoms. The number of anilines is 2. The van der Waals surface area contributed by atoms with Crippen LogP contribution in [0.3, 0.4) is 0 Å². The van der Waals surface area contributed by atoms with Crippen LogP contribution in [-0.2, 0) is 20.6 Å². The van der Waals surface area contributed by atoms with Crippen molar-refractivity contribution in [1.82, 2.24) is 4.98 Å². The standard InChI is InChI=1S/C38H27ClF3N3O5S2/c39-18-12-13-26(50-16-27(46)43-24-10-5-7-17-6-1-2-8-19(17)24)20(14-18)28-29-21-15-22(32(29)51-34-33(28)52-37(49)44-34)31-30(21)35(47)45(36(31)48)25-11-4-3-9-23(25)38(40,41)42/h1-14,21-22,28-32H,15-16H2,(H,43,46)(H,44,49)/t21-,22-,28-,29?,30?,31?,32?/m1/s1. The number of aromatic amines is 1. The third-order valence-electron chi connectivity index (χ3n) is 10.9. The molecule has 14 heteroatoms. The maximum atomic E-state index is 14.2. The zero-order valence-corrected chi connectivity index (χ0v) is 29.2. The molecular weight excluding hydrogens is 735 g/mol. The largest absolute Gasteiger partial charge is 0.483 e. The molecule has 3 fully saturated rings. The van der Waals surface area contributed by atoms with Gasteiger partial charge in [0.05, 0.1) is 28.1 Å². The second-order valence-corrected chi connectivity index (χ2v) is 16.2. The van der Waals surface area contributed by atoms with Gasteiger partial charge in [0.1, 0.15) is 5.75 Å². The molecule has 3 amide bonds. The summed E-state index contributed by atoms with van der Waals surface area (Å²) in [5, 5.41) is 5.57. The lowest BCUT2D eigenvalue weighted by molar-refractivity contribution is -0.137. The Labute approximate surface area is 307 Å². The van der Waals surface area contributed by atoms with E-state index in [1.807, 2.05) is 42.5 Å². The number of carbonyl (C=O) groups excluding carboxylic acids is 3. The molecule has 9 rings (SSSR count). The van der Waals surface area contributed by atoms with Crippen LogP contribution >= 0.6 is 34.7 Å². The zero-order valence-electron chi connectivity index (χ0n) is 26.9. The molecule has 2 aliphatic carbocycles. The summed E-state index contributed by atoms with van der Waals surface area (Å²) in [4.78, 5) is 58.3. The van der Waals surface area contributed by atoms with Gasteiger partial charge in [-0.1, -0.05) is 71.5 Å². The highest BCUT2D eigenvalue weighted by atomic mass is 35.5. The number of ether oxygens (including phenoxy) is 1. The van der Waals surface area contributed by atoms with E-state index in [1.165, 1.54) is 30.0 Å². The highest BCUT2D eigenvalue weighted by molar-refractivity contribution is 8.00. The van der Waals surface area contributed by atoms with Gasteiger partial charge in [0.25, 0.3) is 5.91 Å². The molecular formula is C38H27ClF3N3O5S2. The van der Waals surface area contributed by atoms with Crippen LogP contribution in [0, 0.1) is 29.6 Å². The Bertz CT molecular complexity index is 2370. The smallest absolute Gasteiger partial charge is 0.418 e. The van der Waals surface area contributed by atoms with Crippen LogP contribution in [0.1, 0.15) is 28.3 Å². The SMILES string of the molecule is O=C(COc1ccc(Cl)cc1[C@H]1c2sc(=O)[nH]c2SC2C1[C@H]1C[C@@H]2C2C(=O)N(c3ccccc3C(F)(F)F)C(=O)C21)Nc1cccc2ccccc12. The van der Waals surface area contributed by atoms with Crippen molar-refractivity contribution in [2.24, 2.45) is 29.6 Å². The number of halogens is 4. The average Bonchev–Trinajstić information content (AvgIpc) is 3.86. The van der Waals surface area contributed by atoms with Gasteiger partial charge in [-0.15, -0.1) is 11.8 Å². The maximum absolute atomic E-state index is 14.2. The number of nitrogens with one attached hydrogen (secondary N) is 2. The first kappa shape index (κ1) is 33.3. The normalized spacial score (nSPS) is 26.0. The van der Waals surface area contributed by atoms with Crippen molar-refractivity contribution >= 4 is 74.6 Å². The van der Waals surface area contributed by atoms with Crippen molar-refractivity contribution in [2.75, 3.05) is 16.8 Å². The lowest BCUT2D eigenvalue weighted by Gasteiger charge is -2.43. The molecule has 52 heavy (non-hydrogen) atoms. The van der Waals surface area contributed by atoms with Crippen molar-refractivity contribution in [3.8, 4) is 5.75 Å².